The van der Waals surface area contributed by atoms with Crippen LogP contribution in [-0.2, 0) is 9.53 Å². The van der Waals surface area contributed by atoms with E-state index in [9.17, 15) is 4.79 Å². The standard InChI is InChI=1S/C29H35N9O4/c1-3-4-6-23(28(39)36-14-12-35(13-15-36)20-8-10-21(11-9-20)41-18-17-40-2)37-27-22(19-31-37)26-32-25(24-7-5-16-42-24)34-38(26)29(30)33-27/h5,7-11,16,19,23H,3-4,6,12-15,17-18H2,1-2H3,(H2,30,33)/t23-/m1/s1. The number of nitrogens with two attached hydrogens (primary N) is 1. The molecule has 1 saturated heterocycles. The van der Waals surface area contributed by atoms with Crippen molar-refractivity contribution >= 4 is 34.2 Å². The number of piperazine rings is 1. The number of unbranched alkanes of at least 4 members (excludes halogenated alkanes) is 1. The van der Waals surface area contributed by atoms with Gasteiger partial charge in [0.05, 0.1) is 24.5 Å². The summed E-state index contributed by atoms with van der Waals surface area (Å²) in [6.45, 7) is 5.87. The van der Waals surface area contributed by atoms with Gasteiger partial charge < -0.3 is 29.4 Å². The molecule has 6 rings (SSSR count). The van der Waals surface area contributed by atoms with E-state index in [4.69, 9.17) is 19.6 Å². The minimum absolute atomic E-state index is 0.0352. The number of aromatic nitrogens is 6. The minimum atomic E-state index is -0.501. The number of furan rings is 1. The van der Waals surface area contributed by atoms with Gasteiger partial charge in [-0.25, -0.2) is 9.67 Å². The molecule has 1 aliphatic rings. The summed E-state index contributed by atoms with van der Waals surface area (Å²) in [7, 11) is 1.65. The van der Waals surface area contributed by atoms with Gasteiger partial charge in [0, 0.05) is 39.0 Å². The van der Waals surface area contributed by atoms with Gasteiger partial charge in [0.2, 0.25) is 17.7 Å². The number of amides is 1. The number of fused-ring (bicyclic) bond motifs is 3. The Balaban J connectivity index is 1.20. The fourth-order valence-corrected chi connectivity index (χ4v) is 5.30. The van der Waals surface area contributed by atoms with Crippen LogP contribution in [0.15, 0.2) is 53.3 Å². The first-order valence-electron chi connectivity index (χ1n) is 14.3. The van der Waals surface area contributed by atoms with Crippen LogP contribution in [0, 0.1) is 0 Å². The number of methoxy groups -OCH3 is 1. The topological polar surface area (TPSA) is 142 Å². The van der Waals surface area contributed by atoms with Gasteiger partial charge in [0.25, 0.3) is 0 Å². The molecule has 13 heteroatoms. The third-order valence-electron chi connectivity index (χ3n) is 7.56. The Morgan fingerprint density at radius 3 is 2.60 bits per heavy atom. The van der Waals surface area contributed by atoms with E-state index in [1.807, 2.05) is 17.0 Å². The molecule has 1 fully saturated rings. The Kier molecular flexibility index (Phi) is 7.91. The molecule has 0 bridgehead atoms. The molecule has 0 unspecified atom stereocenters. The van der Waals surface area contributed by atoms with Crippen LogP contribution in [0.2, 0.25) is 0 Å². The summed E-state index contributed by atoms with van der Waals surface area (Å²) >= 11 is 0. The Morgan fingerprint density at radius 1 is 1.07 bits per heavy atom. The first-order valence-corrected chi connectivity index (χ1v) is 14.3. The van der Waals surface area contributed by atoms with Gasteiger partial charge in [-0.3, -0.25) is 4.79 Å². The van der Waals surface area contributed by atoms with E-state index in [0.29, 0.717) is 61.0 Å². The largest absolute Gasteiger partial charge is 0.491 e. The van der Waals surface area contributed by atoms with E-state index in [1.165, 1.54) is 4.52 Å². The van der Waals surface area contributed by atoms with E-state index >= 15 is 0 Å². The molecule has 220 valence electrons. The Hall–Kier alpha value is -4.65. The van der Waals surface area contributed by atoms with E-state index in [2.05, 4.69) is 44.1 Å². The molecule has 0 radical (unpaired) electrons. The number of carbonyl (C=O) groups excluding carboxylic acids is 1. The highest BCUT2D eigenvalue weighted by Gasteiger charge is 2.31. The van der Waals surface area contributed by atoms with Crippen LogP contribution < -0.4 is 15.4 Å². The SMILES string of the molecule is CCCC[C@H](C(=O)N1CCN(c2ccc(OCCOC)cc2)CC1)n1ncc2c1nc(N)n1nc(-c3ccco3)nc21. The lowest BCUT2D eigenvalue weighted by atomic mass is 10.1. The number of ether oxygens (including phenoxy) is 2. The summed E-state index contributed by atoms with van der Waals surface area (Å²) in [5.74, 6) is 1.94. The normalized spacial score (nSPS) is 14.6. The summed E-state index contributed by atoms with van der Waals surface area (Å²) in [5.41, 5.74) is 8.44. The fourth-order valence-electron chi connectivity index (χ4n) is 5.30. The number of hydrogen-bond acceptors (Lipinski definition) is 10. The first-order chi connectivity index (χ1) is 20.6. The van der Waals surface area contributed by atoms with Crippen molar-refractivity contribution in [2.45, 2.75) is 32.2 Å². The van der Waals surface area contributed by atoms with Gasteiger partial charge in [-0.1, -0.05) is 19.8 Å². The van der Waals surface area contributed by atoms with Gasteiger partial charge in [0.1, 0.15) is 18.4 Å². The smallest absolute Gasteiger partial charge is 0.247 e. The molecule has 0 saturated carbocycles. The van der Waals surface area contributed by atoms with Crippen molar-refractivity contribution in [2.75, 3.05) is 57.1 Å². The predicted octanol–water partition coefficient (Wildman–Crippen LogP) is 3.42. The number of nitrogens with zero attached hydrogens (tertiary/aromatic N) is 8. The van der Waals surface area contributed by atoms with Crippen molar-refractivity contribution in [1.82, 2.24) is 34.3 Å². The fraction of sp³-hybridized carbons (Fsp3) is 0.414. The molecule has 2 N–H and O–H groups in total. The maximum atomic E-state index is 14.0. The number of anilines is 2. The van der Waals surface area contributed by atoms with Crippen molar-refractivity contribution in [3.8, 4) is 17.3 Å². The number of nitrogen functional groups attached to an aromatic ring is 1. The Labute approximate surface area is 242 Å². The van der Waals surface area contributed by atoms with Crippen LogP contribution >= 0.6 is 0 Å². The lowest BCUT2D eigenvalue weighted by Gasteiger charge is -2.37. The van der Waals surface area contributed by atoms with Crippen molar-refractivity contribution in [3.63, 3.8) is 0 Å². The maximum Gasteiger partial charge on any atom is 0.247 e. The zero-order valence-electron chi connectivity index (χ0n) is 23.8. The quantitative estimate of drug-likeness (QED) is 0.234. The van der Waals surface area contributed by atoms with Crippen LogP contribution in [0.4, 0.5) is 11.6 Å². The molecular formula is C29H35N9O4. The lowest BCUT2D eigenvalue weighted by Crippen LogP contribution is -2.50. The zero-order chi connectivity index (χ0) is 29.1. The molecule has 1 amide bonds. The average Bonchev–Trinajstić information content (AvgIpc) is 3.78. The van der Waals surface area contributed by atoms with Crippen LogP contribution in [-0.4, -0.2) is 86.7 Å². The second kappa shape index (κ2) is 12.1. The van der Waals surface area contributed by atoms with E-state index < -0.39 is 6.04 Å². The molecule has 1 atom stereocenters. The summed E-state index contributed by atoms with van der Waals surface area (Å²) in [6.07, 6.45) is 5.73. The molecular weight excluding hydrogens is 538 g/mol. The second-order valence-corrected chi connectivity index (χ2v) is 10.3. The molecule has 4 aromatic heterocycles. The third-order valence-corrected chi connectivity index (χ3v) is 7.56. The molecule has 5 heterocycles. The number of carbonyl (C=O) groups is 1. The minimum Gasteiger partial charge on any atom is -0.491 e. The van der Waals surface area contributed by atoms with Gasteiger partial charge >= 0.3 is 0 Å². The highest BCUT2D eigenvalue weighted by molar-refractivity contribution is 5.92. The summed E-state index contributed by atoms with van der Waals surface area (Å²) in [5, 5.41) is 9.78. The first kappa shape index (κ1) is 27.5. The maximum absolute atomic E-state index is 14.0. The molecule has 42 heavy (non-hydrogen) atoms. The van der Waals surface area contributed by atoms with Gasteiger partial charge in [-0.05, 0) is 42.8 Å². The van der Waals surface area contributed by atoms with Gasteiger partial charge in [-0.15, -0.1) is 5.10 Å². The second-order valence-electron chi connectivity index (χ2n) is 10.3. The van der Waals surface area contributed by atoms with Gasteiger partial charge in [-0.2, -0.15) is 14.6 Å². The molecule has 0 spiro atoms. The number of rotatable bonds is 11. The monoisotopic (exact) mass is 573 g/mol. The molecule has 13 nitrogen and oxygen atoms in total. The van der Waals surface area contributed by atoms with Crippen molar-refractivity contribution in [3.05, 3.63) is 48.9 Å². The predicted molar refractivity (Wildman–Crippen MR) is 157 cm³/mol. The van der Waals surface area contributed by atoms with Crippen LogP contribution in [0.5, 0.6) is 5.75 Å². The Bertz CT molecular complexity index is 1640. The number of hydrogen-bond donors (Lipinski definition) is 1. The van der Waals surface area contributed by atoms with Crippen LogP contribution in [0.1, 0.15) is 32.2 Å². The lowest BCUT2D eigenvalue weighted by molar-refractivity contribution is -0.135. The Morgan fingerprint density at radius 2 is 1.88 bits per heavy atom. The van der Waals surface area contributed by atoms with E-state index in [1.54, 1.807) is 36.4 Å². The molecule has 1 aliphatic heterocycles. The van der Waals surface area contributed by atoms with Crippen LogP contribution in [0.25, 0.3) is 28.3 Å². The molecule has 5 aromatic rings. The highest BCUT2D eigenvalue weighted by Crippen LogP contribution is 2.28. The molecule has 0 aliphatic carbocycles. The van der Waals surface area contributed by atoms with Crippen LogP contribution in [0.3, 0.4) is 0 Å². The third kappa shape index (κ3) is 5.34. The summed E-state index contributed by atoms with van der Waals surface area (Å²) in [4.78, 5) is 27.5. The van der Waals surface area contributed by atoms with Crippen molar-refractivity contribution < 1.29 is 18.7 Å². The number of benzene rings is 1. The van der Waals surface area contributed by atoms with Crippen molar-refractivity contribution in [2.24, 2.45) is 0 Å². The summed E-state index contributed by atoms with van der Waals surface area (Å²) < 4.78 is 19.4. The average molecular weight is 574 g/mol. The van der Waals surface area contributed by atoms with E-state index in [0.717, 1.165) is 37.4 Å². The van der Waals surface area contributed by atoms with E-state index in [-0.39, 0.29) is 11.9 Å². The summed E-state index contributed by atoms with van der Waals surface area (Å²) in [6, 6.07) is 11.1. The zero-order valence-corrected chi connectivity index (χ0v) is 23.8. The highest BCUT2D eigenvalue weighted by atomic mass is 16.5. The van der Waals surface area contributed by atoms with Gasteiger partial charge in [0.15, 0.2) is 17.1 Å². The van der Waals surface area contributed by atoms with Crippen molar-refractivity contribution in [1.29, 1.82) is 0 Å². The molecule has 1 aromatic carbocycles.